The Balaban J connectivity index is 2.33. The highest BCUT2D eigenvalue weighted by molar-refractivity contribution is 5.13. The second-order valence-corrected chi connectivity index (χ2v) is 6.37. The van der Waals surface area contributed by atoms with Crippen molar-refractivity contribution in [2.24, 2.45) is 17.8 Å². The summed E-state index contributed by atoms with van der Waals surface area (Å²) in [5.41, 5.74) is 1.20. The van der Waals surface area contributed by atoms with Crippen LogP contribution >= 0.6 is 0 Å². The Labute approximate surface area is 144 Å². The van der Waals surface area contributed by atoms with Crippen molar-refractivity contribution in [1.82, 2.24) is 0 Å². The van der Waals surface area contributed by atoms with E-state index in [-0.39, 0.29) is 11.8 Å². The van der Waals surface area contributed by atoms with Gasteiger partial charge < -0.3 is 4.74 Å². The molecule has 124 valence electrons. The van der Waals surface area contributed by atoms with Gasteiger partial charge in [-0.2, -0.15) is 0 Å². The van der Waals surface area contributed by atoms with Gasteiger partial charge in [-0.25, -0.2) is 0 Å². The van der Waals surface area contributed by atoms with Gasteiger partial charge in [0.05, 0.1) is 6.61 Å². The molecule has 0 amide bonds. The smallest absolute Gasteiger partial charge is 0.0717 e. The number of hydrogen-bond acceptors (Lipinski definition) is 1. The van der Waals surface area contributed by atoms with Crippen LogP contribution in [-0.2, 0) is 11.3 Å². The van der Waals surface area contributed by atoms with Crippen molar-refractivity contribution >= 4 is 0 Å². The summed E-state index contributed by atoms with van der Waals surface area (Å²) < 4.78 is 5.90. The summed E-state index contributed by atoms with van der Waals surface area (Å²) in [5.74, 6) is 0.686. The van der Waals surface area contributed by atoms with Gasteiger partial charge in [-0.3, -0.25) is 0 Å². The second-order valence-electron chi connectivity index (χ2n) is 6.37. The molecule has 0 heterocycles. The molecular formula is C22H30O. The van der Waals surface area contributed by atoms with E-state index in [1.165, 1.54) is 5.56 Å². The van der Waals surface area contributed by atoms with Gasteiger partial charge in [-0.1, -0.05) is 43.2 Å². The zero-order valence-corrected chi connectivity index (χ0v) is 14.2. The fraction of sp³-hybridized carbons (Fsp3) is 0.545. The Morgan fingerprint density at radius 3 is 2.13 bits per heavy atom. The maximum absolute atomic E-state index is 5.94. The van der Waals surface area contributed by atoms with Crippen LogP contribution in [0.5, 0.6) is 0 Å². The molecule has 8 radical (unpaired) electrons. The molecule has 0 aliphatic heterocycles. The highest BCUT2D eigenvalue weighted by Gasteiger charge is 2.12. The molecule has 1 aromatic rings. The first kappa shape index (κ1) is 20.2. The summed E-state index contributed by atoms with van der Waals surface area (Å²) in [4.78, 5) is 0. The SMILES string of the molecule is [CH]CC([CH])CCCC(CCC([CH])C[CH])COCc1ccccc1. The molecule has 1 aromatic carbocycles. The summed E-state index contributed by atoms with van der Waals surface area (Å²) >= 11 is 0. The van der Waals surface area contributed by atoms with E-state index in [0.29, 0.717) is 25.4 Å². The molecule has 1 rings (SSSR count). The quantitative estimate of drug-likeness (QED) is 0.459. The molecule has 0 aliphatic carbocycles. The van der Waals surface area contributed by atoms with Crippen molar-refractivity contribution in [2.75, 3.05) is 6.61 Å². The van der Waals surface area contributed by atoms with Crippen molar-refractivity contribution in [3.63, 3.8) is 0 Å². The van der Waals surface area contributed by atoms with E-state index in [4.69, 9.17) is 32.4 Å². The molecule has 0 saturated heterocycles. The number of ether oxygens (including phenoxy) is 1. The van der Waals surface area contributed by atoms with Crippen molar-refractivity contribution in [1.29, 1.82) is 0 Å². The van der Waals surface area contributed by atoms with Gasteiger partial charge in [-0.15, -0.1) is 0 Å². The average Bonchev–Trinajstić information content (AvgIpc) is 2.59. The summed E-state index contributed by atoms with van der Waals surface area (Å²) in [6.45, 7) is 24.4. The normalized spacial score (nSPS) is 15.3. The molecule has 0 spiro atoms. The molecule has 3 atom stereocenters. The molecule has 0 aromatic heterocycles. The van der Waals surface area contributed by atoms with E-state index in [1.807, 2.05) is 18.2 Å². The van der Waals surface area contributed by atoms with Crippen LogP contribution in [0.4, 0.5) is 0 Å². The van der Waals surface area contributed by atoms with E-state index in [2.05, 4.69) is 12.1 Å². The molecular weight excluding hydrogens is 280 g/mol. The Morgan fingerprint density at radius 2 is 1.48 bits per heavy atom. The van der Waals surface area contributed by atoms with Gasteiger partial charge in [0.25, 0.3) is 0 Å². The van der Waals surface area contributed by atoms with Crippen LogP contribution in [-0.4, -0.2) is 6.61 Å². The van der Waals surface area contributed by atoms with Crippen LogP contribution in [0.15, 0.2) is 30.3 Å². The maximum Gasteiger partial charge on any atom is 0.0717 e. The number of rotatable bonds is 13. The van der Waals surface area contributed by atoms with Crippen LogP contribution in [0.1, 0.15) is 50.5 Å². The van der Waals surface area contributed by atoms with E-state index < -0.39 is 0 Å². The van der Waals surface area contributed by atoms with Crippen molar-refractivity contribution in [2.45, 2.75) is 51.6 Å². The Hall–Kier alpha value is -0.820. The van der Waals surface area contributed by atoms with Gasteiger partial charge >= 0.3 is 0 Å². The van der Waals surface area contributed by atoms with E-state index >= 15 is 0 Å². The zero-order chi connectivity index (χ0) is 16.9. The predicted molar refractivity (Wildman–Crippen MR) is 96.1 cm³/mol. The Morgan fingerprint density at radius 1 is 0.826 bits per heavy atom. The topological polar surface area (TPSA) is 9.23 Å². The largest absolute Gasteiger partial charge is 0.376 e. The van der Waals surface area contributed by atoms with Crippen molar-refractivity contribution in [3.8, 4) is 0 Å². The van der Waals surface area contributed by atoms with Crippen molar-refractivity contribution < 1.29 is 4.74 Å². The maximum atomic E-state index is 5.94. The first-order chi connectivity index (χ1) is 11.2. The minimum atomic E-state index is 0.0814. The Bertz CT molecular complexity index is 373. The van der Waals surface area contributed by atoms with Crippen LogP contribution in [0.25, 0.3) is 0 Å². The monoisotopic (exact) mass is 310 g/mol. The van der Waals surface area contributed by atoms with Crippen LogP contribution in [0.2, 0.25) is 0 Å². The zero-order valence-electron chi connectivity index (χ0n) is 14.2. The fourth-order valence-electron chi connectivity index (χ4n) is 2.58. The van der Waals surface area contributed by atoms with Crippen molar-refractivity contribution in [3.05, 3.63) is 63.6 Å². The summed E-state index contributed by atoms with van der Waals surface area (Å²) in [6, 6.07) is 10.2. The van der Waals surface area contributed by atoms with Crippen LogP contribution in [0.3, 0.4) is 0 Å². The minimum Gasteiger partial charge on any atom is -0.376 e. The average molecular weight is 310 g/mol. The lowest BCUT2D eigenvalue weighted by Crippen LogP contribution is -2.12. The molecule has 3 unspecified atom stereocenters. The lowest BCUT2D eigenvalue weighted by Gasteiger charge is -2.19. The highest BCUT2D eigenvalue weighted by Crippen LogP contribution is 2.22. The van der Waals surface area contributed by atoms with E-state index in [1.54, 1.807) is 0 Å². The molecule has 0 aliphatic rings. The van der Waals surface area contributed by atoms with Gasteiger partial charge in [0, 0.05) is 6.61 Å². The Kier molecular flexibility index (Phi) is 11.1. The first-order valence-electron chi connectivity index (χ1n) is 8.68. The summed E-state index contributed by atoms with van der Waals surface area (Å²) in [6.07, 6.45) is 6.22. The second kappa shape index (κ2) is 12.6. The number of benzene rings is 1. The van der Waals surface area contributed by atoms with Gasteiger partial charge in [-0.05, 0) is 83.1 Å². The van der Waals surface area contributed by atoms with Crippen LogP contribution in [0, 0.1) is 45.4 Å². The fourth-order valence-corrected chi connectivity index (χ4v) is 2.58. The third-order valence-electron chi connectivity index (χ3n) is 4.20. The molecule has 0 N–H and O–H groups in total. The third kappa shape index (κ3) is 9.81. The van der Waals surface area contributed by atoms with Gasteiger partial charge in [0.1, 0.15) is 0 Å². The highest BCUT2D eigenvalue weighted by atomic mass is 16.5. The van der Waals surface area contributed by atoms with E-state index in [9.17, 15) is 0 Å². The standard InChI is InChI=1S/C22H30O/c1-5-19(3)11-10-14-22(16-15-20(4)6-2)18-23-17-21-12-8-7-9-13-21/h1-4,7-9,12-13,19-20,22H,5-6,10-11,14-18H2. The molecule has 1 heteroatoms. The lowest BCUT2D eigenvalue weighted by atomic mass is 9.90. The molecule has 0 bridgehead atoms. The first-order valence-corrected chi connectivity index (χ1v) is 8.68. The predicted octanol–water partition coefficient (Wildman–Crippen LogP) is 5.63. The molecule has 0 saturated carbocycles. The molecule has 0 fully saturated rings. The van der Waals surface area contributed by atoms with Crippen LogP contribution < -0.4 is 0 Å². The lowest BCUT2D eigenvalue weighted by molar-refractivity contribution is 0.0781. The minimum absolute atomic E-state index is 0.0814. The number of hydrogen-bond donors (Lipinski definition) is 0. The molecule has 23 heavy (non-hydrogen) atoms. The van der Waals surface area contributed by atoms with Gasteiger partial charge in [0.2, 0.25) is 0 Å². The molecule has 1 nitrogen and oxygen atoms in total. The third-order valence-corrected chi connectivity index (χ3v) is 4.20. The summed E-state index contributed by atoms with van der Waals surface area (Å²) in [7, 11) is 0. The summed E-state index contributed by atoms with van der Waals surface area (Å²) in [5, 5.41) is 0. The van der Waals surface area contributed by atoms with Gasteiger partial charge in [0.15, 0.2) is 0 Å². The van der Waals surface area contributed by atoms with E-state index in [0.717, 1.165) is 38.7 Å².